The highest BCUT2D eigenvalue weighted by atomic mass is 16.5. The van der Waals surface area contributed by atoms with Gasteiger partial charge < -0.3 is 19.8 Å². The lowest BCUT2D eigenvalue weighted by Gasteiger charge is -2.11. The maximum atomic E-state index is 12.1. The minimum atomic E-state index is -0.261. The van der Waals surface area contributed by atoms with Gasteiger partial charge in [0.15, 0.2) is 0 Å². The molecule has 3 rings (SSSR count). The fraction of sp³-hybridized carbons (Fsp3) is 0.222. The van der Waals surface area contributed by atoms with Gasteiger partial charge >= 0.3 is 6.03 Å². The Morgan fingerprint density at radius 3 is 2.96 bits per heavy atom. The number of hydrogen-bond donors (Lipinski definition) is 2. The average Bonchev–Trinajstić information content (AvgIpc) is 2.97. The van der Waals surface area contributed by atoms with Gasteiger partial charge in [-0.3, -0.25) is 0 Å². The Balaban J connectivity index is 1.55. The number of carbonyl (C=O) groups excluding carboxylic acids is 1. The summed E-state index contributed by atoms with van der Waals surface area (Å²) in [5.74, 6) is 0.635. The molecule has 0 aliphatic heterocycles. The molecule has 0 saturated carbocycles. The van der Waals surface area contributed by atoms with Crippen molar-refractivity contribution in [1.29, 1.82) is 0 Å². The zero-order valence-electron chi connectivity index (χ0n) is 13.7. The number of benzene rings is 1. The summed E-state index contributed by atoms with van der Waals surface area (Å²) in [6.07, 6.45) is 4.59. The molecule has 2 heterocycles. The van der Waals surface area contributed by atoms with Crippen molar-refractivity contribution < 1.29 is 9.53 Å². The van der Waals surface area contributed by atoms with Gasteiger partial charge in [-0.25, -0.2) is 9.78 Å². The number of amides is 2. The summed E-state index contributed by atoms with van der Waals surface area (Å²) in [7, 11) is 1.58. The summed E-state index contributed by atoms with van der Waals surface area (Å²) in [6, 6.07) is 11.2. The molecule has 2 amide bonds. The number of imidazole rings is 1. The molecule has 0 radical (unpaired) electrons. The van der Waals surface area contributed by atoms with E-state index in [4.69, 9.17) is 4.74 Å². The van der Waals surface area contributed by atoms with Crippen molar-refractivity contribution in [3.05, 3.63) is 60.0 Å². The Hall–Kier alpha value is -3.02. The monoisotopic (exact) mass is 324 g/mol. The zero-order chi connectivity index (χ0) is 16.9. The van der Waals surface area contributed by atoms with Gasteiger partial charge in [0.05, 0.1) is 18.5 Å². The first-order valence-corrected chi connectivity index (χ1v) is 7.78. The Kier molecular flexibility index (Phi) is 4.65. The van der Waals surface area contributed by atoms with Crippen molar-refractivity contribution in [2.75, 3.05) is 19.0 Å². The molecule has 3 aromatic rings. The van der Waals surface area contributed by atoms with Gasteiger partial charge in [-0.05, 0) is 36.8 Å². The van der Waals surface area contributed by atoms with Gasteiger partial charge in [0, 0.05) is 25.4 Å². The smallest absolute Gasteiger partial charge is 0.319 e. The second-order valence-electron chi connectivity index (χ2n) is 5.53. The van der Waals surface area contributed by atoms with Crippen LogP contribution in [0.1, 0.15) is 11.3 Å². The van der Waals surface area contributed by atoms with Gasteiger partial charge in [0.1, 0.15) is 11.4 Å². The van der Waals surface area contributed by atoms with Crippen molar-refractivity contribution in [3.63, 3.8) is 0 Å². The van der Waals surface area contributed by atoms with E-state index in [1.807, 2.05) is 60.1 Å². The number of rotatable bonds is 5. The molecule has 0 fully saturated rings. The van der Waals surface area contributed by atoms with E-state index in [2.05, 4.69) is 15.6 Å². The summed E-state index contributed by atoms with van der Waals surface area (Å²) in [6.45, 7) is 2.47. The van der Waals surface area contributed by atoms with Gasteiger partial charge in [0.2, 0.25) is 0 Å². The van der Waals surface area contributed by atoms with Gasteiger partial charge in [0.25, 0.3) is 0 Å². The van der Waals surface area contributed by atoms with Crippen LogP contribution in [0.25, 0.3) is 5.65 Å². The van der Waals surface area contributed by atoms with Crippen LogP contribution in [0.2, 0.25) is 0 Å². The van der Waals surface area contributed by atoms with Crippen LogP contribution in [0.5, 0.6) is 5.75 Å². The van der Waals surface area contributed by atoms with E-state index in [0.29, 0.717) is 24.4 Å². The third-order valence-electron chi connectivity index (χ3n) is 3.68. The van der Waals surface area contributed by atoms with E-state index in [1.54, 1.807) is 7.11 Å². The highest BCUT2D eigenvalue weighted by molar-refractivity contribution is 5.91. The Morgan fingerprint density at radius 1 is 1.29 bits per heavy atom. The lowest BCUT2D eigenvalue weighted by Crippen LogP contribution is -2.30. The van der Waals surface area contributed by atoms with Crippen molar-refractivity contribution in [2.24, 2.45) is 0 Å². The Labute approximate surface area is 140 Å². The number of pyridine rings is 1. The van der Waals surface area contributed by atoms with Gasteiger partial charge in [-0.15, -0.1) is 0 Å². The number of hydrogen-bond acceptors (Lipinski definition) is 3. The van der Waals surface area contributed by atoms with Crippen LogP contribution in [0, 0.1) is 6.92 Å². The lowest BCUT2D eigenvalue weighted by atomic mass is 10.2. The molecule has 2 aromatic heterocycles. The molecule has 0 bridgehead atoms. The molecule has 0 atom stereocenters. The fourth-order valence-corrected chi connectivity index (χ4v) is 2.50. The molecule has 6 nitrogen and oxygen atoms in total. The van der Waals surface area contributed by atoms with Crippen LogP contribution in [0.4, 0.5) is 10.5 Å². The van der Waals surface area contributed by atoms with Crippen molar-refractivity contribution in [3.8, 4) is 5.75 Å². The first-order valence-electron chi connectivity index (χ1n) is 7.78. The van der Waals surface area contributed by atoms with Crippen LogP contribution >= 0.6 is 0 Å². The summed E-state index contributed by atoms with van der Waals surface area (Å²) < 4.78 is 7.22. The standard InChI is InChI=1S/C18H20N4O2/c1-13-6-7-16(24-2)15(11-13)21-18(23)19-9-8-14-12-22-10-4-3-5-17(22)20-14/h3-7,10-12H,8-9H2,1-2H3,(H2,19,21,23). The number of ether oxygens (including phenoxy) is 1. The molecule has 0 saturated heterocycles. The molecule has 0 aliphatic rings. The first kappa shape index (κ1) is 15.9. The zero-order valence-corrected chi connectivity index (χ0v) is 13.7. The normalized spacial score (nSPS) is 10.6. The van der Waals surface area contributed by atoms with E-state index >= 15 is 0 Å². The Morgan fingerprint density at radius 2 is 2.17 bits per heavy atom. The number of carbonyl (C=O) groups is 1. The molecular formula is C18H20N4O2. The molecular weight excluding hydrogens is 304 g/mol. The number of nitrogens with one attached hydrogen (secondary N) is 2. The van der Waals surface area contributed by atoms with Gasteiger partial charge in [-0.2, -0.15) is 0 Å². The molecule has 124 valence electrons. The largest absolute Gasteiger partial charge is 0.495 e. The summed E-state index contributed by atoms with van der Waals surface area (Å²) >= 11 is 0. The van der Waals surface area contributed by atoms with Crippen LogP contribution in [-0.2, 0) is 6.42 Å². The highest BCUT2D eigenvalue weighted by Crippen LogP contribution is 2.24. The quantitative estimate of drug-likeness (QED) is 0.758. The minimum Gasteiger partial charge on any atom is -0.495 e. The molecule has 1 aromatic carbocycles. The van der Waals surface area contributed by atoms with Crippen LogP contribution < -0.4 is 15.4 Å². The lowest BCUT2D eigenvalue weighted by molar-refractivity contribution is 0.252. The third-order valence-corrected chi connectivity index (χ3v) is 3.68. The maximum absolute atomic E-state index is 12.1. The van der Waals surface area contributed by atoms with E-state index in [9.17, 15) is 4.79 Å². The number of nitrogens with zero attached hydrogens (tertiary/aromatic N) is 2. The molecule has 0 spiro atoms. The topological polar surface area (TPSA) is 67.7 Å². The van der Waals surface area contributed by atoms with E-state index in [-0.39, 0.29) is 6.03 Å². The van der Waals surface area contributed by atoms with Crippen LogP contribution in [-0.4, -0.2) is 29.1 Å². The van der Waals surface area contributed by atoms with E-state index < -0.39 is 0 Å². The second kappa shape index (κ2) is 7.04. The predicted molar refractivity (Wildman–Crippen MR) is 93.6 cm³/mol. The second-order valence-corrected chi connectivity index (χ2v) is 5.53. The number of fused-ring (bicyclic) bond motifs is 1. The first-order chi connectivity index (χ1) is 11.7. The van der Waals surface area contributed by atoms with Crippen LogP contribution in [0.3, 0.4) is 0 Å². The van der Waals surface area contributed by atoms with Crippen LogP contribution in [0.15, 0.2) is 48.8 Å². The number of urea groups is 1. The minimum absolute atomic E-state index is 0.261. The SMILES string of the molecule is COc1ccc(C)cc1NC(=O)NCCc1cn2ccccc2n1. The number of anilines is 1. The van der Waals surface area contributed by atoms with Crippen molar-refractivity contribution >= 4 is 17.4 Å². The summed E-state index contributed by atoms with van der Waals surface area (Å²) in [5, 5.41) is 5.65. The summed E-state index contributed by atoms with van der Waals surface area (Å²) in [5.41, 5.74) is 3.55. The van der Waals surface area contributed by atoms with E-state index in [1.165, 1.54) is 0 Å². The molecule has 0 unspecified atom stereocenters. The maximum Gasteiger partial charge on any atom is 0.319 e. The molecule has 0 aliphatic carbocycles. The fourth-order valence-electron chi connectivity index (χ4n) is 2.50. The molecule has 2 N–H and O–H groups in total. The highest BCUT2D eigenvalue weighted by Gasteiger charge is 2.08. The van der Waals surface area contributed by atoms with Crippen molar-refractivity contribution in [2.45, 2.75) is 13.3 Å². The van der Waals surface area contributed by atoms with Crippen molar-refractivity contribution in [1.82, 2.24) is 14.7 Å². The third kappa shape index (κ3) is 3.65. The predicted octanol–water partition coefficient (Wildman–Crippen LogP) is 3.02. The average molecular weight is 324 g/mol. The summed E-state index contributed by atoms with van der Waals surface area (Å²) in [4.78, 5) is 16.6. The number of aromatic nitrogens is 2. The molecule has 6 heteroatoms. The van der Waals surface area contributed by atoms with Gasteiger partial charge in [-0.1, -0.05) is 12.1 Å². The number of methoxy groups -OCH3 is 1. The Bertz CT molecular complexity index is 824. The number of aryl methyl sites for hydroxylation is 1. The van der Waals surface area contributed by atoms with E-state index in [0.717, 1.165) is 16.9 Å². The molecule has 24 heavy (non-hydrogen) atoms.